The van der Waals surface area contributed by atoms with Crippen LogP contribution in [0, 0.1) is 0 Å². The molecule has 0 fully saturated rings. The summed E-state index contributed by atoms with van der Waals surface area (Å²) in [5, 5.41) is 0.0949. The van der Waals surface area contributed by atoms with Crippen molar-refractivity contribution in [3.63, 3.8) is 0 Å². The Morgan fingerprint density at radius 2 is 1.61 bits per heavy atom. The first-order valence-corrected chi connectivity index (χ1v) is 6.19. The van der Waals surface area contributed by atoms with Crippen LogP contribution in [0.5, 0.6) is 0 Å². The van der Waals surface area contributed by atoms with Crippen LogP contribution in [-0.4, -0.2) is 5.37 Å². The van der Waals surface area contributed by atoms with Crippen LogP contribution in [0.4, 0.5) is 10.5 Å². The van der Waals surface area contributed by atoms with Crippen LogP contribution in [0.25, 0.3) is 0 Å². The number of carbonyl (C=O) groups is 1. The highest BCUT2D eigenvalue weighted by Gasteiger charge is 2.14. The first-order valence-electron chi connectivity index (χ1n) is 5.44. The van der Waals surface area contributed by atoms with Crippen molar-refractivity contribution in [1.29, 1.82) is 0 Å². The standard InChI is InChI=1S/C14H11Cl2NO/c15-13-9-5-4-6-11(13)10-17(14(16)18)12-7-2-1-3-8-12/h1-9H,10H2. The summed E-state index contributed by atoms with van der Waals surface area (Å²) in [6.07, 6.45) is 0. The largest absolute Gasteiger partial charge is 0.321 e. The number of halogens is 2. The molecule has 0 saturated carbocycles. The molecule has 0 spiro atoms. The van der Waals surface area contributed by atoms with E-state index >= 15 is 0 Å². The highest BCUT2D eigenvalue weighted by Crippen LogP contribution is 2.22. The molecule has 2 aromatic rings. The molecule has 2 aromatic carbocycles. The Balaban J connectivity index is 2.28. The smallest absolute Gasteiger partial charge is 0.294 e. The van der Waals surface area contributed by atoms with E-state index in [1.54, 1.807) is 6.07 Å². The van der Waals surface area contributed by atoms with Crippen molar-refractivity contribution in [1.82, 2.24) is 0 Å². The SMILES string of the molecule is O=C(Cl)N(Cc1ccccc1Cl)c1ccccc1. The zero-order valence-corrected chi connectivity index (χ0v) is 11.0. The van der Waals surface area contributed by atoms with Crippen molar-refractivity contribution in [3.8, 4) is 0 Å². The molecule has 18 heavy (non-hydrogen) atoms. The lowest BCUT2D eigenvalue weighted by molar-refractivity contribution is 0.264. The molecular weight excluding hydrogens is 269 g/mol. The Morgan fingerprint density at radius 3 is 2.22 bits per heavy atom. The molecule has 0 N–H and O–H groups in total. The van der Waals surface area contributed by atoms with Crippen LogP contribution in [0.15, 0.2) is 54.6 Å². The number of rotatable bonds is 3. The molecule has 0 aliphatic carbocycles. The Morgan fingerprint density at radius 1 is 1.00 bits per heavy atom. The van der Waals surface area contributed by atoms with Crippen LogP contribution in [-0.2, 0) is 6.54 Å². The molecule has 0 aliphatic heterocycles. The van der Waals surface area contributed by atoms with Gasteiger partial charge in [-0.1, -0.05) is 48.0 Å². The van der Waals surface area contributed by atoms with E-state index in [0.29, 0.717) is 11.6 Å². The Bertz CT molecular complexity index is 543. The molecule has 0 aliphatic rings. The third-order valence-corrected chi connectivity index (χ3v) is 3.14. The summed E-state index contributed by atoms with van der Waals surface area (Å²) in [4.78, 5) is 13.0. The zero-order valence-electron chi connectivity index (χ0n) is 9.51. The number of para-hydroxylation sites is 1. The van der Waals surface area contributed by atoms with E-state index in [4.69, 9.17) is 23.2 Å². The number of benzene rings is 2. The minimum atomic E-state index is -0.527. The molecule has 2 nitrogen and oxygen atoms in total. The molecule has 0 unspecified atom stereocenters. The van der Waals surface area contributed by atoms with Crippen LogP contribution in [0.1, 0.15) is 5.56 Å². The Hall–Kier alpha value is -1.51. The first-order chi connectivity index (χ1) is 8.68. The lowest BCUT2D eigenvalue weighted by Gasteiger charge is -2.20. The molecule has 92 valence electrons. The summed E-state index contributed by atoms with van der Waals surface area (Å²) >= 11 is 11.7. The third kappa shape index (κ3) is 3.03. The number of nitrogens with zero attached hydrogens (tertiary/aromatic N) is 1. The van der Waals surface area contributed by atoms with Gasteiger partial charge >= 0.3 is 5.37 Å². The molecule has 0 heterocycles. The van der Waals surface area contributed by atoms with E-state index < -0.39 is 5.37 Å². The summed E-state index contributed by atoms with van der Waals surface area (Å²) in [5.41, 5.74) is 1.61. The quantitative estimate of drug-likeness (QED) is 0.589. The van der Waals surface area contributed by atoms with Crippen LogP contribution >= 0.6 is 23.2 Å². The van der Waals surface area contributed by atoms with Gasteiger partial charge in [-0.25, -0.2) is 0 Å². The molecule has 4 heteroatoms. The van der Waals surface area contributed by atoms with Gasteiger partial charge in [-0.05, 0) is 35.4 Å². The van der Waals surface area contributed by atoms with Gasteiger partial charge in [-0.2, -0.15) is 0 Å². The Labute approximate surface area is 116 Å². The van der Waals surface area contributed by atoms with Gasteiger partial charge < -0.3 is 0 Å². The summed E-state index contributed by atoms with van der Waals surface area (Å²) < 4.78 is 0. The second-order valence-corrected chi connectivity index (χ2v) is 4.50. The molecule has 0 bridgehead atoms. The maximum Gasteiger partial charge on any atom is 0.321 e. The predicted octanol–water partition coefficient (Wildman–Crippen LogP) is 4.71. The van der Waals surface area contributed by atoms with Gasteiger partial charge in [-0.3, -0.25) is 9.69 Å². The number of anilines is 1. The van der Waals surface area contributed by atoms with Crippen molar-refractivity contribution < 1.29 is 4.79 Å². The van der Waals surface area contributed by atoms with E-state index in [2.05, 4.69) is 0 Å². The van der Waals surface area contributed by atoms with Crippen molar-refractivity contribution in [2.45, 2.75) is 6.54 Å². The lowest BCUT2D eigenvalue weighted by Crippen LogP contribution is -2.25. The number of hydrogen-bond acceptors (Lipinski definition) is 1. The van der Waals surface area contributed by atoms with Gasteiger partial charge in [0, 0.05) is 10.7 Å². The molecule has 0 atom stereocenters. The van der Waals surface area contributed by atoms with E-state index in [0.717, 1.165) is 11.3 Å². The average Bonchev–Trinajstić information content (AvgIpc) is 2.38. The second kappa shape index (κ2) is 5.89. The monoisotopic (exact) mass is 279 g/mol. The normalized spacial score (nSPS) is 10.1. The van der Waals surface area contributed by atoms with Gasteiger partial charge in [0.25, 0.3) is 0 Å². The first kappa shape index (κ1) is 12.9. The highest BCUT2D eigenvalue weighted by molar-refractivity contribution is 6.66. The Kier molecular flexibility index (Phi) is 4.24. The second-order valence-electron chi connectivity index (χ2n) is 3.77. The highest BCUT2D eigenvalue weighted by atomic mass is 35.5. The summed E-state index contributed by atoms with van der Waals surface area (Å²) in [6.45, 7) is 0.353. The summed E-state index contributed by atoms with van der Waals surface area (Å²) in [6, 6.07) is 16.6. The summed E-state index contributed by atoms with van der Waals surface area (Å²) in [7, 11) is 0. The molecule has 0 saturated heterocycles. The van der Waals surface area contributed by atoms with E-state index in [1.807, 2.05) is 48.5 Å². The van der Waals surface area contributed by atoms with Gasteiger partial charge in [0.15, 0.2) is 0 Å². The minimum absolute atomic E-state index is 0.353. The summed E-state index contributed by atoms with van der Waals surface area (Å²) in [5.74, 6) is 0. The number of hydrogen-bond donors (Lipinski definition) is 0. The fourth-order valence-electron chi connectivity index (χ4n) is 1.66. The molecule has 1 amide bonds. The molecule has 0 radical (unpaired) electrons. The van der Waals surface area contributed by atoms with Crippen LogP contribution < -0.4 is 4.90 Å². The van der Waals surface area contributed by atoms with Crippen LogP contribution in [0.3, 0.4) is 0 Å². The van der Waals surface area contributed by atoms with E-state index in [9.17, 15) is 4.79 Å². The van der Waals surface area contributed by atoms with Gasteiger partial charge in [-0.15, -0.1) is 0 Å². The fourth-order valence-corrected chi connectivity index (χ4v) is 2.01. The number of carbonyl (C=O) groups excluding carboxylic acids is 1. The minimum Gasteiger partial charge on any atom is -0.294 e. The maximum atomic E-state index is 11.5. The van der Waals surface area contributed by atoms with Crippen molar-refractivity contribution >= 4 is 34.3 Å². The zero-order chi connectivity index (χ0) is 13.0. The van der Waals surface area contributed by atoms with Crippen molar-refractivity contribution in [2.75, 3.05) is 4.90 Å². The number of amides is 1. The van der Waals surface area contributed by atoms with E-state index in [-0.39, 0.29) is 0 Å². The fraction of sp³-hybridized carbons (Fsp3) is 0.0714. The van der Waals surface area contributed by atoms with E-state index in [1.165, 1.54) is 4.90 Å². The third-order valence-electron chi connectivity index (χ3n) is 2.57. The molecule has 2 rings (SSSR count). The van der Waals surface area contributed by atoms with Crippen molar-refractivity contribution in [3.05, 3.63) is 65.2 Å². The maximum absolute atomic E-state index is 11.5. The molecular formula is C14H11Cl2NO. The average molecular weight is 280 g/mol. The van der Waals surface area contributed by atoms with Gasteiger partial charge in [0.1, 0.15) is 0 Å². The molecule has 0 aromatic heterocycles. The lowest BCUT2D eigenvalue weighted by atomic mass is 10.2. The predicted molar refractivity (Wildman–Crippen MR) is 75.3 cm³/mol. The van der Waals surface area contributed by atoms with Gasteiger partial charge in [0.05, 0.1) is 6.54 Å². The van der Waals surface area contributed by atoms with Crippen LogP contribution in [0.2, 0.25) is 5.02 Å². The van der Waals surface area contributed by atoms with Gasteiger partial charge in [0.2, 0.25) is 0 Å². The topological polar surface area (TPSA) is 20.3 Å². The van der Waals surface area contributed by atoms with Crippen molar-refractivity contribution in [2.24, 2.45) is 0 Å².